The third-order valence-corrected chi connectivity index (χ3v) is 5.19. The summed E-state index contributed by atoms with van der Waals surface area (Å²) in [7, 11) is 4.76. The minimum absolute atomic E-state index is 0.594. The zero-order valence-electron chi connectivity index (χ0n) is 15.3. The van der Waals surface area contributed by atoms with E-state index in [1.165, 1.54) is 11.2 Å². The SMILES string of the molecule is COc1cc(OC)c(OC)cc1/C=N\Nc1ncnc2sc(C)c(C)c12. The Labute approximate surface area is 155 Å². The lowest BCUT2D eigenvalue weighted by atomic mass is 10.2. The maximum absolute atomic E-state index is 5.40. The largest absolute Gasteiger partial charge is 0.496 e. The van der Waals surface area contributed by atoms with E-state index in [2.05, 4.69) is 34.3 Å². The van der Waals surface area contributed by atoms with Crippen LogP contribution in [-0.2, 0) is 0 Å². The van der Waals surface area contributed by atoms with E-state index >= 15 is 0 Å². The van der Waals surface area contributed by atoms with Gasteiger partial charge in [0, 0.05) is 16.5 Å². The summed E-state index contributed by atoms with van der Waals surface area (Å²) in [6.07, 6.45) is 3.19. The van der Waals surface area contributed by atoms with Gasteiger partial charge >= 0.3 is 0 Å². The van der Waals surface area contributed by atoms with E-state index in [0.29, 0.717) is 23.1 Å². The number of rotatable bonds is 6. The summed E-state index contributed by atoms with van der Waals surface area (Å²) in [6.45, 7) is 4.13. The Kier molecular flexibility index (Phi) is 5.22. The Bertz CT molecular complexity index is 969. The van der Waals surface area contributed by atoms with Gasteiger partial charge in [0.1, 0.15) is 16.9 Å². The molecule has 1 N–H and O–H groups in total. The molecule has 136 valence electrons. The normalized spacial score (nSPS) is 11.1. The highest BCUT2D eigenvalue weighted by atomic mass is 32.1. The van der Waals surface area contributed by atoms with Crippen LogP contribution < -0.4 is 19.6 Å². The molecule has 3 rings (SSSR count). The number of aromatic nitrogens is 2. The fourth-order valence-electron chi connectivity index (χ4n) is 2.58. The van der Waals surface area contributed by atoms with Crippen LogP contribution in [0.5, 0.6) is 17.2 Å². The molecule has 0 bridgehead atoms. The number of nitrogens with zero attached hydrogens (tertiary/aromatic N) is 3. The number of methoxy groups -OCH3 is 3. The highest BCUT2D eigenvalue weighted by Crippen LogP contribution is 2.34. The van der Waals surface area contributed by atoms with Crippen molar-refractivity contribution in [3.05, 3.63) is 34.5 Å². The zero-order chi connectivity index (χ0) is 18.7. The fraction of sp³-hybridized carbons (Fsp3) is 0.278. The van der Waals surface area contributed by atoms with Crippen LogP contribution in [0.25, 0.3) is 10.2 Å². The van der Waals surface area contributed by atoms with Gasteiger partial charge < -0.3 is 14.2 Å². The second kappa shape index (κ2) is 7.57. The third-order valence-electron chi connectivity index (χ3n) is 4.08. The predicted octanol–water partition coefficient (Wildman–Crippen LogP) is 3.78. The van der Waals surface area contributed by atoms with E-state index < -0.39 is 0 Å². The lowest BCUT2D eigenvalue weighted by Crippen LogP contribution is -1.99. The molecule has 3 aromatic rings. The number of nitrogens with one attached hydrogen (secondary N) is 1. The Balaban J connectivity index is 1.92. The minimum Gasteiger partial charge on any atom is -0.496 e. The molecule has 0 unspecified atom stereocenters. The molecule has 0 aliphatic heterocycles. The molecule has 8 heteroatoms. The minimum atomic E-state index is 0.594. The standard InChI is InChI=1S/C18H20N4O3S/c1-10-11(2)26-18-16(10)17(19-9-20-18)22-21-8-12-6-14(24-4)15(25-5)7-13(12)23-3/h6-9H,1-5H3,(H,19,20,22)/b21-8-. The number of ether oxygens (including phenoxy) is 3. The monoisotopic (exact) mass is 372 g/mol. The van der Waals surface area contributed by atoms with Gasteiger partial charge in [-0.25, -0.2) is 9.97 Å². The van der Waals surface area contributed by atoms with Gasteiger partial charge in [-0.15, -0.1) is 11.3 Å². The van der Waals surface area contributed by atoms with Crippen LogP contribution >= 0.6 is 11.3 Å². The van der Waals surface area contributed by atoms with Crippen molar-refractivity contribution < 1.29 is 14.2 Å². The first-order valence-corrected chi connectivity index (χ1v) is 8.70. The number of aryl methyl sites for hydroxylation is 2. The molecule has 1 aromatic carbocycles. The van der Waals surface area contributed by atoms with Gasteiger partial charge in [-0.3, -0.25) is 5.43 Å². The van der Waals surface area contributed by atoms with Crippen LogP contribution in [0, 0.1) is 13.8 Å². The number of benzene rings is 1. The van der Waals surface area contributed by atoms with E-state index in [-0.39, 0.29) is 0 Å². The van der Waals surface area contributed by atoms with Gasteiger partial charge in [0.15, 0.2) is 17.3 Å². The van der Waals surface area contributed by atoms with Crippen LogP contribution in [0.2, 0.25) is 0 Å². The van der Waals surface area contributed by atoms with Crippen molar-refractivity contribution in [2.45, 2.75) is 13.8 Å². The lowest BCUT2D eigenvalue weighted by molar-refractivity contribution is 0.349. The number of hydrogen-bond acceptors (Lipinski definition) is 8. The maximum atomic E-state index is 5.40. The van der Waals surface area contributed by atoms with Crippen molar-refractivity contribution in [3.8, 4) is 17.2 Å². The zero-order valence-corrected chi connectivity index (χ0v) is 16.1. The van der Waals surface area contributed by atoms with Crippen LogP contribution in [0.4, 0.5) is 5.82 Å². The highest BCUT2D eigenvalue weighted by Gasteiger charge is 2.12. The van der Waals surface area contributed by atoms with Crippen molar-refractivity contribution in [2.75, 3.05) is 26.8 Å². The van der Waals surface area contributed by atoms with Gasteiger partial charge in [-0.2, -0.15) is 5.10 Å². The molecule has 0 radical (unpaired) electrons. The number of fused-ring (bicyclic) bond motifs is 1. The molecule has 0 fully saturated rings. The van der Waals surface area contributed by atoms with Crippen LogP contribution in [0.3, 0.4) is 0 Å². The molecular weight excluding hydrogens is 352 g/mol. The molecular formula is C18H20N4O3S. The summed E-state index contributed by atoms with van der Waals surface area (Å²) < 4.78 is 16.0. The molecule has 0 saturated carbocycles. The molecule has 2 heterocycles. The first kappa shape index (κ1) is 17.9. The Morgan fingerprint density at radius 1 is 1.00 bits per heavy atom. The topological polar surface area (TPSA) is 77.9 Å². The van der Waals surface area contributed by atoms with E-state index in [1.807, 2.05) is 0 Å². The number of hydrogen-bond donors (Lipinski definition) is 1. The second-order valence-corrected chi connectivity index (χ2v) is 6.71. The molecule has 2 aromatic heterocycles. The first-order valence-electron chi connectivity index (χ1n) is 7.88. The van der Waals surface area contributed by atoms with E-state index in [1.54, 1.807) is 51.0 Å². The van der Waals surface area contributed by atoms with Gasteiger partial charge in [0.2, 0.25) is 0 Å². The Hall–Kier alpha value is -2.87. The smallest absolute Gasteiger partial charge is 0.164 e. The molecule has 7 nitrogen and oxygen atoms in total. The molecule has 0 amide bonds. The molecule has 26 heavy (non-hydrogen) atoms. The van der Waals surface area contributed by atoms with E-state index in [4.69, 9.17) is 14.2 Å². The summed E-state index contributed by atoms with van der Waals surface area (Å²) in [4.78, 5) is 10.8. The van der Waals surface area contributed by atoms with Crippen LogP contribution in [0.15, 0.2) is 23.6 Å². The summed E-state index contributed by atoms with van der Waals surface area (Å²) in [6, 6.07) is 3.56. The number of anilines is 1. The first-order chi connectivity index (χ1) is 12.6. The average Bonchev–Trinajstić information content (AvgIpc) is 2.96. The Morgan fingerprint density at radius 3 is 2.38 bits per heavy atom. The molecule has 0 aliphatic carbocycles. The van der Waals surface area contributed by atoms with Gasteiger partial charge in [0.05, 0.1) is 32.9 Å². The lowest BCUT2D eigenvalue weighted by Gasteiger charge is -2.11. The Morgan fingerprint density at radius 2 is 1.69 bits per heavy atom. The number of thiophene rings is 1. The van der Waals surface area contributed by atoms with Crippen LogP contribution in [0.1, 0.15) is 16.0 Å². The molecule has 0 saturated heterocycles. The van der Waals surface area contributed by atoms with Crippen molar-refractivity contribution in [2.24, 2.45) is 5.10 Å². The van der Waals surface area contributed by atoms with Crippen molar-refractivity contribution in [3.63, 3.8) is 0 Å². The van der Waals surface area contributed by atoms with Gasteiger partial charge in [-0.1, -0.05) is 0 Å². The van der Waals surface area contributed by atoms with Gasteiger partial charge in [-0.05, 0) is 25.5 Å². The number of hydrazone groups is 1. The summed E-state index contributed by atoms with van der Waals surface area (Å²) in [5.41, 5.74) is 4.92. The fourth-order valence-corrected chi connectivity index (χ4v) is 3.58. The average molecular weight is 372 g/mol. The predicted molar refractivity (Wildman–Crippen MR) is 104 cm³/mol. The molecule has 0 aliphatic rings. The summed E-state index contributed by atoms with van der Waals surface area (Å²) in [5, 5.41) is 5.31. The van der Waals surface area contributed by atoms with Crippen LogP contribution in [-0.4, -0.2) is 37.5 Å². The van der Waals surface area contributed by atoms with E-state index in [0.717, 1.165) is 21.3 Å². The maximum Gasteiger partial charge on any atom is 0.164 e. The summed E-state index contributed by atoms with van der Waals surface area (Å²) >= 11 is 1.64. The summed E-state index contributed by atoms with van der Waals surface area (Å²) in [5.74, 6) is 2.50. The third kappa shape index (κ3) is 3.28. The molecule has 0 spiro atoms. The molecule has 0 atom stereocenters. The quantitative estimate of drug-likeness (QED) is 0.524. The van der Waals surface area contributed by atoms with Crippen molar-refractivity contribution >= 4 is 33.6 Å². The van der Waals surface area contributed by atoms with Gasteiger partial charge in [0.25, 0.3) is 0 Å². The highest BCUT2D eigenvalue weighted by molar-refractivity contribution is 7.18. The van der Waals surface area contributed by atoms with Crippen molar-refractivity contribution in [1.29, 1.82) is 0 Å². The second-order valence-electron chi connectivity index (χ2n) is 5.50. The van der Waals surface area contributed by atoms with E-state index in [9.17, 15) is 0 Å². The van der Waals surface area contributed by atoms with Crippen molar-refractivity contribution in [1.82, 2.24) is 9.97 Å².